The molecule has 0 spiro atoms. The van der Waals surface area contributed by atoms with Crippen LogP contribution < -0.4 is 0 Å². The number of aromatic nitrogens is 2. The van der Waals surface area contributed by atoms with Crippen LogP contribution in [0.2, 0.25) is 5.15 Å². The van der Waals surface area contributed by atoms with Gasteiger partial charge in [0, 0.05) is 33.5 Å². The third-order valence-corrected chi connectivity index (χ3v) is 5.18. The molecule has 0 N–H and O–H groups in total. The fraction of sp³-hybridized carbons (Fsp3) is 0.417. The maximum Gasteiger partial charge on any atom is 0.262 e. The summed E-state index contributed by atoms with van der Waals surface area (Å²) in [5.74, 6) is 0. The van der Waals surface area contributed by atoms with Crippen molar-refractivity contribution in [1.29, 1.82) is 0 Å². The van der Waals surface area contributed by atoms with Gasteiger partial charge in [-0.05, 0) is 18.6 Å². The maximum atomic E-state index is 12.6. The Balaban J connectivity index is 2.39. The van der Waals surface area contributed by atoms with Crippen molar-refractivity contribution in [2.45, 2.75) is 11.4 Å². The maximum absolute atomic E-state index is 12.6. The summed E-state index contributed by atoms with van der Waals surface area (Å²) in [6.45, 7) is 0.854. The highest BCUT2D eigenvalue weighted by Gasteiger charge is 2.28. The van der Waals surface area contributed by atoms with Crippen LogP contribution in [-0.4, -0.2) is 49.4 Å². The molecule has 0 aliphatic heterocycles. The second-order valence-corrected chi connectivity index (χ2v) is 6.63. The van der Waals surface area contributed by atoms with E-state index in [0.717, 1.165) is 0 Å². The van der Waals surface area contributed by atoms with Gasteiger partial charge < -0.3 is 4.74 Å². The largest absolute Gasteiger partial charge is 0.385 e. The molecule has 0 radical (unpaired) electrons. The highest BCUT2D eigenvalue weighted by atomic mass is 35.5. The van der Waals surface area contributed by atoms with Gasteiger partial charge in [0.2, 0.25) is 0 Å². The van der Waals surface area contributed by atoms with Crippen molar-refractivity contribution in [2.75, 3.05) is 27.3 Å². The third-order valence-electron chi connectivity index (χ3n) is 2.92. The molecule has 0 saturated carbocycles. The minimum atomic E-state index is -3.69. The number of rotatable bonds is 6. The Morgan fingerprint density at radius 3 is 2.90 bits per heavy atom. The van der Waals surface area contributed by atoms with Gasteiger partial charge in [-0.1, -0.05) is 17.7 Å². The molecule has 2 aromatic rings. The van der Waals surface area contributed by atoms with Gasteiger partial charge in [0.05, 0.1) is 0 Å². The topological polar surface area (TPSA) is 63.9 Å². The van der Waals surface area contributed by atoms with Crippen LogP contribution in [-0.2, 0) is 14.8 Å². The van der Waals surface area contributed by atoms with Crippen LogP contribution >= 0.6 is 11.6 Å². The first-order chi connectivity index (χ1) is 9.48. The van der Waals surface area contributed by atoms with E-state index in [-0.39, 0.29) is 10.2 Å². The molecule has 0 aliphatic carbocycles. The lowest BCUT2D eigenvalue weighted by Gasteiger charge is -2.16. The van der Waals surface area contributed by atoms with Crippen molar-refractivity contribution in [3.63, 3.8) is 0 Å². The number of hydrogen-bond donors (Lipinski definition) is 0. The van der Waals surface area contributed by atoms with Gasteiger partial charge in [0.25, 0.3) is 10.0 Å². The second-order valence-electron chi connectivity index (χ2n) is 4.31. The lowest BCUT2D eigenvalue weighted by atomic mass is 10.5. The predicted octanol–water partition coefficient (Wildman–Crippen LogP) is 1.64. The Labute approximate surface area is 123 Å². The molecule has 6 nitrogen and oxygen atoms in total. The standard InChI is InChI=1S/C12H16ClN3O3S/c1-15(7-5-9-19-2)20(17,18)12-11(13)14-10-6-3-4-8-16(10)12/h3-4,6,8H,5,7,9H2,1-2H3. The Bertz CT molecular complexity index is 699. The van der Waals surface area contributed by atoms with Crippen molar-refractivity contribution >= 4 is 27.3 Å². The van der Waals surface area contributed by atoms with E-state index in [9.17, 15) is 8.42 Å². The zero-order chi connectivity index (χ0) is 14.8. The zero-order valence-electron chi connectivity index (χ0n) is 11.3. The van der Waals surface area contributed by atoms with Crippen molar-refractivity contribution in [3.05, 3.63) is 29.5 Å². The molecule has 0 aromatic carbocycles. The van der Waals surface area contributed by atoms with Crippen LogP contribution in [0.1, 0.15) is 6.42 Å². The van der Waals surface area contributed by atoms with Crippen LogP contribution in [0, 0.1) is 0 Å². The molecule has 0 unspecified atom stereocenters. The zero-order valence-corrected chi connectivity index (χ0v) is 12.9. The van der Waals surface area contributed by atoms with E-state index in [1.54, 1.807) is 31.5 Å². The normalized spacial score (nSPS) is 12.4. The number of imidazole rings is 1. The quantitative estimate of drug-likeness (QED) is 0.760. The average molecular weight is 318 g/mol. The summed E-state index contributed by atoms with van der Waals surface area (Å²) < 4.78 is 32.8. The Morgan fingerprint density at radius 1 is 1.45 bits per heavy atom. The Morgan fingerprint density at radius 2 is 2.20 bits per heavy atom. The first-order valence-corrected chi connectivity index (χ1v) is 7.88. The van der Waals surface area contributed by atoms with Gasteiger partial charge in [-0.25, -0.2) is 13.4 Å². The van der Waals surface area contributed by atoms with Crippen LogP contribution in [0.3, 0.4) is 0 Å². The number of fused-ring (bicyclic) bond motifs is 1. The van der Waals surface area contributed by atoms with Gasteiger partial charge in [0.1, 0.15) is 5.65 Å². The van der Waals surface area contributed by atoms with Crippen molar-refractivity contribution < 1.29 is 13.2 Å². The summed E-state index contributed by atoms with van der Waals surface area (Å²) in [6.07, 6.45) is 2.24. The van der Waals surface area contributed by atoms with Crippen LogP contribution in [0.25, 0.3) is 5.65 Å². The molecule has 0 fully saturated rings. The minimum Gasteiger partial charge on any atom is -0.385 e. The lowest BCUT2D eigenvalue weighted by molar-refractivity contribution is 0.189. The monoisotopic (exact) mass is 317 g/mol. The number of hydrogen-bond acceptors (Lipinski definition) is 4. The molecule has 2 rings (SSSR count). The van der Waals surface area contributed by atoms with Crippen molar-refractivity contribution in [3.8, 4) is 0 Å². The summed E-state index contributed by atoms with van der Waals surface area (Å²) in [5, 5.41) is -0.0236. The van der Waals surface area contributed by atoms with E-state index in [1.165, 1.54) is 15.8 Å². The van der Waals surface area contributed by atoms with Gasteiger partial charge in [-0.3, -0.25) is 4.40 Å². The number of sulfonamides is 1. The van der Waals surface area contributed by atoms with Crippen LogP contribution in [0.15, 0.2) is 29.4 Å². The third kappa shape index (κ3) is 2.80. The molecule has 2 aromatic heterocycles. The smallest absolute Gasteiger partial charge is 0.262 e. The van der Waals surface area contributed by atoms with Crippen LogP contribution in [0.5, 0.6) is 0 Å². The molecular weight excluding hydrogens is 302 g/mol. The highest BCUT2D eigenvalue weighted by molar-refractivity contribution is 7.89. The number of pyridine rings is 1. The summed E-state index contributed by atoms with van der Waals surface area (Å²) in [6, 6.07) is 5.21. The number of methoxy groups -OCH3 is 1. The summed E-state index contributed by atoms with van der Waals surface area (Å²) in [5.41, 5.74) is 0.501. The molecule has 110 valence electrons. The number of halogens is 1. The number of ether oxygens (including phenoxy) is 1. The molecule has 0 aliphatic rings. The Hall–Kier alpha value is -1.15. The minimum absolute atomic E-state index is 0.00492. The summed E-state index contributed by atoms with van der Waals surface area (Å²) in [4.78, 5) is 4.06. The van der Waals surface area contributed by atoms with Gasteiger partial charge in [-0.15, -0.1) is 0 Å². The molecule has 2 heterocycles. The molecule has 0 amide bonds. The second kappa shape index (κ2) is 6.09. The molecule has 20 heavy (non-hydrogen) atoms. The van der Waals surface area contributed by atoms with E-state index in [1.807, 2.05) is 0 Å². The first-order valence-electron chi connectivity index (χ1n) is 6.06. The average Bonchev–Trinajstić information content (AvgIpc) is 2.75. The number of nitrogens with zero attached hydrogens (tertiary/aromatic N) is 3. The first kappa shape index (κ1) is 15.2. The van der Waals surface area contributed by atoms with Gasteiger partial charge in [-0.2, -0.15) is 4.31 Å². The van der Waals surface area contributed by atoms with E-state index >= 15 is 0 Å². The molecule has 0 saturated heterocycles. The SMILES string of the molecule is COCCCN(C)S(=O)(=O)c1c(Cl)nc2ccccn12. The highest BCUT2D eigenvalue weighted by Crippen LogP contribution is 2.25. The predicted molar refractivity (Wildman–Crippen MR) is 76.5 cm³/mol. The Kier molecular flexibility index (Phi) is 4.64. The lowest BCUT2D eigenvalue weighted by Crippen LogP contribution is -2.29. The molecule has 8 heteroatoms. The van der Waals surface area contributed by atoms with Gasteiger partial charge in [0.15, 0.2) is 10.2 Å². The van der Waals surface area contributed by atoms with Crippen LogP contribution in [0.4, 0.5) is 0 Å². The molecule has 0 atom stereocenters. The summed E-state index contributed by atoms with van der Waals surface area (Å²) in [7, 11) is -0.590. The van der Waals surface area contributed by atoms with E-state index < -0.39 is 10.0 Å². The fourth-order valence-corrected chi connectivity index (χ4v) is 3.67. The molecule has 0 bridgehead atoms. The van der Waals surface area contributed by atoms with E-state index in [2.05, 4.69) is 4.98 Å². The summed E-state index contributed by atoms with van der Waals surface area (Å²) >= 11 is 6.00. The van der Waals surface area contributed by atoms with E-state index in [0.29, 0.717) is 25.2 Å². The molecular formula is C12H16ClN3O3S. The fourth-order valence-electron chi connectivity index (χ4n) is 1.87. The van der Waals surface area contributed by atoms with Crippen molar-refractivity contribution in [2.24, 2.45) is 0 Å². The van der Waals surface area contributed by atoms with E-state index in [4.69, 9.17) is 16.3 Å². The van der Waals surface area contributed by atoms with Gasteiger partial charge >= 0.3 is 0 Å². The van der Waals surface area contributed by atoms with Crippen molar-refractivity contribution in [1.82, 2.24) is 13.7 Å².